The SMILES string of the molecule is O=C(O)c1cc(Cl)c([O-])c(Cl)c1.[Na+].[Na+]. The van der Waals surface area contributed by atoms with E-state index in [2.05, 4.69) is 0 Å². The summed E-state index contributed by atoms with van der Waals surface area (Å²) in [7, 11) is 0. The molecule has 7 heteroatoms. The van der Waals surface area contributed by atoms with Crippen LogP contribution in [0.15, 0.2) is 12.1 Å². The van der Waals surface area contributed by atoms with Crippen molar-refractivity contribution in [2.75, 3.05) is 0 Å². The van der Waals surface area contributed by atoms with Gasteiger partial charge in [-0.25, -0.2) is 4.79 Å². The van der Waals surface area contributed by atoms with E-state index in [4.69, 9.17) is 28.3 Å². The van der Waals surface area contributed by atoms with E-state index in [9.17, 15) is 9.90 Å². The molecule has 0 unspecified atom stereocenters. The summed E-state index contributed by atoms with van der Waals surface area (Å²) in [6.07, 6.45) is 0. The molecule has 0 saturated heterocycles. The minimum absolute atomic E-state index is 0. The Labute approximate surface area is 135 Å². The molecule has 1 aromatic carbocycles. The maximum atomic E-state index is 10.9. The fraction of sp³-hybridized carbons (Fsp3) is 0. The average molecular weight is 252 g/mol. The van der Waals surface area contributed by atoms with Gasteiger partial charge in [0.25, 0.3) is 0 Å². The zero-order valence-electron chi connectivity index (χ0n) is 7.67. The number of hydrogen-bond acceptors (Lipinski definition) is 2. The van der Waals surface area contributed by atoms with Crippen LogP contribution >= 0.6 is 23.2 Å². The first-order valence-corrected chi connectivity index (χ1v) is 3.67. The minimum Gasteiger partial charge on any atom is -0.870 e. The van der Waals surface area contributed by atoms with Gasteiger partial charge < -0.3 is 10.2 Å². The van der Waals surface area contributed by atoms with Gasteiger partial charge in [-0.1, -0.05) is 29.0 Å². The van der Waals surface area contributed by atoms with Gasteiger partial charge >= 0.3 is 65.1 Å². The Morgan fingerprint density at radius 3 is 1.86 bits per heavy atom. The van der Waals surface area contributed by atoms with Gasteiger partial charge in [0.15, 0.2) is 0 Å². The Hall–Kier alpha value is 1.07. The quantitative estimate of drug-likeness (QED) is 0.515. The van der Waals surface area contributed by atoms with Gasteiger partial charge in [-0.15, -0.1) is 0 Å². The van der Waals surface area contributed by atoms with Crippen molar-refractivity contribution in [3.8, 4) is 5.75 Å². The molecular weight excluding hydrogens is 249 g/mol. The number of carboxylic acid groups (broad SMARTS) is 1. The third-order valence-corrected chi connectivity index (χ3v) is 1.81. The van der Waals surface area contributed by atoms with Crippen molar-refractivity contribution < 1.29 is 74.1 Å². The monoisotopic (exact) mass is 251 g/mol. The van der Waals surface area contributed by atoms with Gasteiger partial charge in [-0.05, 0) is 12.1 Å². The number of aromatic carboxylic acids is 1. The molecule has 1 N–H and O–H groups in total. The van der Waals surface area contributed by atoms with Crippen molar-refractivity contribution in [2.24, 2.45) is 0 Å². The van der Waals surface area contributed by atoms with Gasteiger partial charge in [0.05, 0.1) is 5.56 Å². The van der Waals surface area contributed by atoms with E-state index in [0.29, 0.717) is 0 Å². The molecule has 0 aliphatic carbocycles. The number of carbonyl (C=O) groups is 1. The van der Waals surface area contributed by atoms with Crippen LogP contribution < -0.4 is 64.2 Å². The molecule has 64 valence electrons. The van der Waals surface area contributed by atoms with E-state index in [1.54, 1.807) is 0 Å². The van der Waals surface area contributed by atoms with Crippen LogP contribution in [0.4, 0.5) is 0 Å². The van der Waals surface area contributed by atoms with Crippen LogP contribution in [0.5, 0.6) is 5.75 Å². The van der Waals surface area contributed by atoms with Crippen LogP contribution in [0.25, 0.3) is 0 Å². The molecule has 1 aromatic rings. The summed E-state index contributed by atoms with van der Waals surface area (Å²) < 4.78 is 0. The molecule has 0 radical (unpaired) electrons. The van der Waals surface area contributed by atoms with Gasteiger partial charge in [0.1, 0.15) is 0 Å². The molecule has 3 nitrogen and oxygen atoms in total. The second-order valence-electron chi connectivity index (χ2n) is 2.07. The minimum atomic E-state index is -1.17. The second kappa shape index (κ2) is 7.36. The third kappa shape index (κ3) is 4.29. The van der Waals surface area contributed by atoms with Crippen LogP contribution in [-0.2, 0) is 0 Å². The van der Waals surface area contributed by atoms with Crippen molar-refractivity contribution in [3.63, 3.8) is 0 Å². The maximum Gasteiger partial charge on any atom is 1.00 e. The van der Waals surface area contributed by atoms with Gasteiger partial charge in [-0.3, -0.25) is 0 Å². The molecule has 0 atom stereocenters. The number of benzene rings is 1. The largest absolute Gasteiger partial charge is 1.00 e. The molecule has 0 saturated carbocycles. The van der Waals surface area contributed by atoms with E-state index in [1.165, 1.54) is 0 Å². The first-order chi connectivity index (χ1) is 5.52. The third-order valence-electron chi connectivity index (χ3n) is 1.25. The molecule has 0 aliphatic heterocycles. The first kappa shape index (κ1) is 17.5. The fourth-order valence-electron chi connectivity index (χ4n) is 0.683. The molecule has 0 amide bonds. The molecule has 0 aromatic heterocycles. The van der Waals surface area contributed by atoms with E-state index >= 15 is 0 Å². The summed E-state index contributed by atoms with van der Waals surface area (Å²) in [5.74, 6) is -1.72. The molecule has 0 bridgehead atoms. The molecular formula is C7H3Cl2Na2O3+. The molecule has 0 aliphatic rings. The summed E-state index contributed by atoms with van der Waals surface area (Å²) in [6, 6.07) is 2.14. The molecule has 0 heterocycles. The van der Waals surface area contributed by atoms with Crippen LogP contribution in [0.1, 0.15) is 10.4 Å². The Morgan fingerprint density at radius 1 is 1.21 bits per heavy atom. The van der Waals surface area contributed by atoms with E-state index in [1.807, 2.05) is 0 Å². The first-order valence-electron chi connectivity index (χ1n) is 2.91. The van der Waals surface area contributed by atoms with Gasteiger partial charge in [0, 0.05) is 10.0 Å². The van der Waals surface area contributed by atoms with E-state index in [-0.39, 0.29) is 74.7 Å². The zero-order valence-corrected chi connectivity index (χ0v) is 13.2. The predicted molar refractivity (Wildman–Crippen MR) is 42.9 cm³/mol. The average Bonchev–Trinajstić information content (AvgIpc) is 1.99. The summed E-state index contributed by atoms with van der Waals surface area (Å²) in [4.78, 5) is 10.4. The Bertz CT molecular complexity index is 321. The zero-order chi connectivity index (χ0) is 9.30. The second-order valence-corrected chi connectivity index (χ2v) is 2.89. The standard InChI is InChI=1S/C7H4Cl2O3.2Na/c8-4-1-3(7(11)12)2-5(9)6(4)10;;/h1-2,10H,(H,11,12);;/q;2*+1/p-1. The van der Waals surface area contributed by atoms with Crippen molar-refractivity contribution in [1.29, 1.82) is 0 Å². The normalized spacial score (nSPS) is 8.43. The smallest absolute Gasteiger partial charge is 0.870 e. The summed E-state index contributed by atoms with van der Waals surface area (Å²) in [5.41, 5.74) is -0.0930. The fourth-order valence-corrected chi connectivity index (χ4v) is 1.17. The molecule has 0 fully saturated rings. The molecule has 0 spiro atoms. The molecule has 14 heavy (non-hydrogen) atoms. The Balaban J connectivity index is 0. The van der Waals surface area contributed by atoms with Crippen molar-refractivity contribution in [2.45, 2.75) is 0 Å². The summed E-state index contributed by atoms with van der Waals surface area (Å²) in [5, 5.41) is 19.0. The van der Waals surface area contributed by atoms with Crippen LogP contribution in [0, 0.1) is 0 Å². The summed E-state index contributed by atoms with van der Waals surface area (Å²) in [6.45, 7) is 0. The number of halogens is 2. The van der Waals surface area contributed by atoms with Gasteiger partial charge in [-0.2, -0.15) is 0 Å². The molecule has 1 rings (SSSR count). The summed E-state index contributed by atoms with van der Waals surface area (Å²) >= 11 is 10.8. The van der Waals surface area contributed by atoms with Crippen molar-refractivity contribution in [1.82, 2.24) is 0 Å². The Morgan fingerprint density at radius 2 is 1.57 bits per heavy atom. The number of carboxylic acids is 1. The maximum absolute atomic E-state index is 10.9. The van der Waals surface area contributed by atoms with Crippen LogP contribution in [0.3, 0.4) is 0 Å². The Kier molecular flexibility index (Phi) is 9.18. The van der Waals surface area contributed by atoms with E-state index in [0.717, 1.165) is 12.1 Å². The topological polar surface area (TPSA) is 60.4 Å². The van der Waals surface area contributed by atoms with E-state index < -0.39 is 11.7 Å². The predicted octanol–water partition coefficient (Wildman–Crippen LogP) is -4.23. The number of hydrogen-bond donors (Lipinski definition) is 1. The van der Waals surface area contributed by atoms with Crippen molar-refractivity contribution in [3.05, 3.63) is 27.7 Å². The van der Waals surface area contributed by atoms with Gasteiger partial charge in [0.2, 0.25) is 0 Å². The van der Waals surface area contributed by atoms with Crippen LogP contribution in [0.2, 0.25) is 10.0 Å². The van der Waals surface area contributed by atoms with Crippen molar-refractivity contribution >= 4 is 29.2 Å². The number of rotatable bonds is 1. The van der Waals surface area contributed by atoms with Crippen LogP contribution in [-0.4, -0.2) is 11.1 Å².